The molecule has 6 aromatic carbocycles. The number of hydrogen-bond acceptors (Lipinski definition) is 0. The molecule has 0 amide bonds. The van der Waals surface area contributed by atoms with Crippen LogP contribution in [0.3, 0.4) is 0 Å². The van der Waals surface area contributed by atoms with Gasteiger partial charge in [-0.1, -0.05) is 147 Å². The van der Waals surface area contributed by atoms with Crippen molar-refractivity contribution in [1.82, 2.24) is 0 Å². The van der Waals surface area contributed by atoms with Crippen LogP contribution in [-0.2, 0) is 47.0 Å². The Bertz CT molecular complexity index is 1900. The fourth-order valence-electron chi connectivity index (χ4n) is 6.89. The molecule has 0 aliphatic heterocycles. The second-order valence-corrected chi connectivity index (χ2v) is 15.4. The van der Waals surface area contributed by atoms with Gasteiger partial charge in [-0.25, -0.2) is 0 Å². The zero-order valence-corrected chi connectivity index (χ0v) is 39.6. The van der Waals surface area contributed by atoms with E-state index in [2.05, 4.69) is 180 Å². The van der Waals surface area contributed by atoms with E-state index in [9.17, 15) is 13.2 Å². The average molecular weight is 883 g/mol. The van der Waals surface area contributed by atoms with Gasteiger partial charge in [0.2, 0.25) is 0 Å². The number of fused-ring (bicyclic) bond motifs is 2. The SMILES string of the molecule is CCc1ccc(-c2cccc3[cH-]c(C(C)(C)C)c(C)c23)cc1.CCc1ccc(-c2cccc3[cH-]c(C(C)(C)C)c(C)c23)cc1.Cl.Cl.[CH2-]CC(F)(F)F.[CH3-].[Si]=[Zr]. The van der Waals surface area contributed by atoms with Crippen molar-refractivity contribution in [1.29, 1.82) is 0 Å². The summed E-state index contributed by atoms with van der Waals surface area (Å²) >= 11 is 1.36. The van der Waals surface area contributed by atoms with E-state index in [1.54, 1.807) is 0 Å². The number of hydrogen-bond donors (Lipinski definition) is 0. The molecule has 0 fully saturated rings. The molecular weight excluding hydrogens is 824 g/mol. The van der Waals surface area contributed by atoms with Gasteiger partial charge in [0.1, 0.15) is 0 Å². The van der Waals surface area contributed by atoms with Crippen molar-refractivity contribution in [2.24, 2.45) is 0 Å². The van der Waals surface area contributed by atoms with Crippen molar-refractivity contribution in [2.75, 3.05) is 0 Å². The van der Waals surface area contributed by atoms with Gasteiger partial charge in [0.25, 0.3) is 0 Å². The van der Waals surface area contributed by atoms with E-state index in [1.807, 2.05) is 0 Å². The van der Waals surface area contributed by atoms with Crippen LogP contribution >= 0.6 is 24.8 Å². The Labute approximate surface area is 359 Å². The molecule has 55 heavy (non-hydrogen) atoms. The molecule has 7 heteroatoms. The summed E-state index contributed by atoms with van der Waals surface area (Å²) in [6.07, 6.45) is -2.87. The molecule has 0 aliphatic rings. The molecule has 0 saturated carbocycles. The monoisotopic (exact) mass is 880 g/mol. The summed E-state index contributed by atoms with van der Waals surface area (Å²) in [4.78, 5) is 0. The predicted molar refractivity (Wildman–Crippen MR) is 238 cm³/mol. The molecule has 298 valence electrons. The van der Waals surface area contributed by atoms with E-state index < -0.39 is 12.6 Å². The molecule has 2 radical (unpaired) electrons. The van der Waals surface area contributed by atoms with Crippen molar-refractivity contribution >= 4 is 53.2 Å². The average Bonchev–Trinajstić information content (AvgIpc) is 3.66. The van der Waals surface area contributed by atoms with Crippen LogP contribution in [0, 0.1) is 28.2 Å². The third-order valence-electron chi connectivity index (χ3n) is 9.60. The second-order valence-electron chi connectivity index (χ2n) is 15.4. The summed E-state index contributed by atoms with van der Waals surface area (Å²) in [7, 11) is 0. The molecule has 0 heterocycles. The number of benzene rings is 4. The van der Waals surface area contributed by atoms with Gasteiger partial charge in [0.05, 0.1) is 0 Å². The quantitative estimate of drug-likeness (QED) is 0.122. The maximum atomic E-state index is 10.7. The van der Waals surface area contributed by atoms with Gasteiger partial charge in [-0.2, -0.15) is 24.3 Å². The van der Waals surface area contributed by atoms with Crippen LogP contribution in [0.4, 0.5) is 13.2 Å². The van der Waals surface area contributed by atoms with Gasteiger partial charge in [0.15, 0.2) is 0 Å². The molecule has 0 bridgehead atoms. The van der Waals surface area contributed by atoms with Crippen LogP contribution in [0.5, 0.6) is 0 Å². The molecule has 0 spiro atoms. The molecule has 0 atom stereocenters. The fourth-order valence-corrected chi connectivity index (χ4v) is 6.89. The van der Waals surface area contributed by atoms with Gasteiger partial charge in [0, 0.05) is 0 Å². The molecule has 0 N–H and O–H groups in total. The first-order chi connectivity index (χ1) is 24.4. The Morgan fingerprint density at radius 2 is 0.873 bits per heavy atom. The standard InChI is InChI=1S/2C22H25.C3H4F3.CH3.2ClH.Si.Zr/c2*1-6-16-10-12-17(13-11-16)19-9-7-8-18-14-20(22(3,4)5)15(2)21(18)19;1-2-3(4,5)6;;;;;/h2*7-14H,6H2,1-5H3;1-2H2;1H3;2*1H;;/q4*-1;;;;. The van der Waals surface area contributed by atoms with E-state index in [1.165, 1.54) is 101 Å². The van der Waals surface area contributed by atoms with E-state index in [-0.39, 0.29) is 43.1 Å². The fraction of sp³-hybridized carbons (Fsp3) is 0.333. The summed E-state index contributed by atoms with van der Waals surface area (Å²) in [6.45, 7) is 28.4. The molecule has 0 aliphatic carbocycles. The molecule has 0 nitrogen and oxygen atoms in total. The molecular formula is C48H59Cl2F3SiZr-4. The van der Waals surface area contributed by atoms with Crippen LogP contribution in [-0.4, -0.2) is 13.1 Å². The normalized spacial score (nSPS) is 11.0. The van der Waals surface area contributed by atoms with E-state index >= 15 is 0 Å². The first kappa shape index (κ1) is 52.6. The Kier molecular flexibility index (Phi) is 21.5. The Hall–Kier alpha value is -2.43. The van der Waals surface area contributed by atoms with Crippen molar-refractivity contribution < 1.29 is 36.5 Å². The van der Waals surface area contributed by atoms with Crippen LogP contribution in [0.15, 0.2) is 97.1 Å². The predicted octanol–water partition coefficient (Wildman–Crippen LogP) is 15.5. The summed E-state index contributed by atoms with van der Waals surface area (Å²) in [5.41, 5.74) is 14.3. The summed E-state index contributed by atoms with van der Waals surface area (Å²) in [5.74, 6) is 0. The van der Waals surface area contributed by atoms with Crippen molar-refractivity contribution in [3.8, 4) is 22.3 Å². The van der Waals surface area contributed by atoms with Gasteiger partial charge >= 0.3 is 36.4 Å². The van der Waals surface area contributed by atoms with Gasteiger partial charge in [-0.15, -0.1) is 93.9 Å². The Morgan fingerprint density at radius 1 is 0.582 bits per heavy atom. The third kappa shape index (κ3) is 13.6. The topological polar surface area (TPSA) is 0 Å². The second kappa shape index (κ2) is 22.5. The first-order valence-corrected chi connectivity index (χ1v) is 22.3. The van der Waals surface area contributed by atoms with Crippen LogP contribution in [0.1, 0.15) is 95.2 Å². The first-order valence-electron chi connectivity index (χ1n) is 18.1. The number of rotatable bonds is 4. The Balaban J connectivity index is 0.000000851. The maximum absolute atomic E-state index is 10.7. The molecule has 0 unspecified atom stereocenters. The van der Waals surface area contributed by atoms with Crippen LogP contribution in [0.25, 0.3) is 43.8 Å². The Morgan fingerprint density at radius 3 is 1.11 bits per heavy atom. The van der Waals surface area contributed by atoms with Crippen LogP contribution < -0.4 is 0 Å². The minimum absolute atomic E-state index is 0. The number of alkyl halides is 3. The van der Waals surface area contributed by atoms with E-state index in [4.69, 9.17) is 0 Å². The summed E-state index contributed by atoms with van der Waals surface area (Å²) in [5, 5.41) is 5.55. The molecule has 6 aromatic rings. The number of aryl methyl sites for hydroxylation is 4. The van der Waals surface area contributed by atoms with Crippen molar-refractivity contribution in [3.63, 3.8) is 0 Å². The van der Waals surface area contributed by atoms with E-state index in [0.29, 0.717) is 0 Å². The van der Waals surface area contributed by atoms with Crippen molar-refractivity contribution in [3.05, 3.63) is 145 Å². The van der Waals surface area contributed by atoms with Gasteiger partial charge < -0.3 is 14.4 Å². The zero-order chi connectivity index (χ0) is 39.0. The van der Waals surface area contributed by atoms with E-state index in [0.717, 1.165) is 12.8 Å². The van der Waals surface area contributed by atoms with Crippen molar-refractivity contribution in [2.45, 2.75) is 106 Å². The summed E-state index contributed by atoms with van der Waals surface area (Å²) < 4.78 is 32.2. The molecule has 0 saturated heterocycles. The summed E-state index contributed by atoms with van der Waals surface area (Å²) in [6, 6.07) is 36.1. The zero-order valence-electron chi connectivity index (χ0n) is 34.5. The number of halogens is 5. The molecule has 6 rings (SSSR count). The molecule has 0 aromatic heterocycles. The van der Waals surface area contributed by atoms with Gasteiger partial charge in [-0.05, 0) is 45.9 Å². The minimum atomic E-state index is -4.07. The third-order valence-corrected chi connectivity index (χ3v) is 9.60. The van der Waals surface area contributed by atoms with Crippen LogP contribution in [0.2, 0.25) is 0 Å². The van der Waals surface area contributed by atoms with Gasteiger partial charge in [-0.3, -0.25) is 0 Å².